The Morgan fingerprint density at radius 2 is 1.79 bits per heavy atom. The lowest BCUT2D eigenvalue weighted by atomic mass is 10.2. The number of carbonyl (C=O) groups is 2. The summed E-state index contributed by atoms with van der Waals surface area (Å²) >= 11 is 1.53. The molecule has 152 valence electrons. The summed E-state index contributed by atoms with van der Waals surface area (Å²) in [6, 6.07) is 9.13. The SMILES string of the molecule is CCN(CC)S(=O)(=O)c1ccc(C(=O)OCC(=O)NC(C)c2cccs2)cc1. The third-order valence-corrected chi connectivity index (χ3v) is 7.23. The van der Waals surface area contributed by atoms with E-state index in [9.17, 15) is 18.0 Å². The minimum absolute atomic E-state index is 0.107. The van der Waals surface area contributed by atoms with E-state index >= 15 is 0 Å². The Morgan fingerprint density at radius 1 is 1.14 bits per heavy atom. The van der Waals surface area contributed by atoms with E-state index in [0.717, 1.165) is 4.88 Å². The van der Waals surface area contributed by atoms with Crippen molar-refractivity contribution in [2.24, 2.45) is 0 Å². The number of sulfonamides is 1. The molecule has 0 radical (unpaired) electrons. The number of ether oxygens (including phenoxy) is 1. The van der Waals surface area contributed by atoms with Crippen LogP contribution in [-0.2, 0) is 19.6 Å². The topological polar surface area (TPSA) is 92.8 Å². The van der Waals surface area contributed by atoms with Crippen LogP contribution in [0.3, 0.4) is 0 Å². The van der Waals surface area contributed by atoms with Crippen molar-refractivity contribution in [3.8, 4) is 0 Å². The molecule has 0 bridgehead atoms. The fraction of sp³-hybridized carbons (Fsp3) is 0.368. The number of hydrogen-bond acceptors (Lipinski definition) is 6. The maximum atomic E-state index is 12.4. The van der Waals surface area contributed by atoms with Gasteiger partial charge in [0.05, 0.1) is 16.5 Å². The van der Waals surface area contributed by atoms with Gasteiger partial charge in [0, 0.05) is 18.0 Å². The van der Waals surface area contributed by atoms with Gasteiger partial charge in [-0.3, -0.25) is 4.79 Å². The van der Waals surface area contributed by atoms with E-state index in [4.69, 9.17) is 4.74 Å². The Kier molecular flexibility index (Phi) is 7.73. The number of hydrogen-bond donors (Lipinski definition) is 1. The van der Waals surface area contributed by atoms with Crippen LogP contribution in [0.25, 0.3) is 0 Å². The van der Waals surface area contributed by atoms with Gasteiger partial charge in [-0.25, -0.2) is 13.2 Å². The van der Waals surface area contributed by atoms with Crippen molar-refractivity contribution in [2.45, 2.75) is 31.7 Å². The van der Waals surface area contributed by atoms with Crippen LogP contribution in [0.2, 0.25) is 0 Å². The molecule has 7 nitrogen and oxygen atoms in total. The van der Waals surface area contributed by atoms with Gasteiger partial charge in [-0.1, -0.05) is 19.9 Å². The largest absolute Gasteiger partial charge is 0.452 e. The normalized spacial score (nSPS) is 12.6. The Hall–Kier alpha value is -2.23. The van der Waals surface area contributed by atoms with Gasteiger partial charge in [0.2, 0.25) is 10.0 Å². The molecule has 0 saturated heterocycles. The first kappa shape index (κ1) is 22.1. The van der Waals surface area contributed by atoms with Gasteiger partial charge in [0.25, 0.3) is 5.91 Å². The first-order valence-electron chi connectivity index (χ1n) is 8.89. The van der Waals surface area contributed by atoms with Crippen LogP contribution in [0.4, 0.5) is 0 Å². The summed E-state index contributed by atoms with van der Waals surface area (Å²) < 4.78 is 31.2. The minimum Gasteiger partial charge on any atom is -0.452 e. The van der Waals surface area contributed by atoms with Crippen molar-refractivity contribution in [1.82, 2.24) is 9.62 Å². The van der Waals surface area contributed by atoms with Gasteiger partial charge in [0.1, 0.15) is 0 Å². The quantitative estimate of drug-likeness (QED) is 0.625. The average Bonchev–Trinajstić information content (AvgIpc) is 3.22. The van der Waals surface area contributed by atoms with Gasteiger partial charge in [-0.05, 0) is 42.6 Å². The molecule has 2 aromatic rings. The number of nitrogens with one attached hydrogen (secondary N) is 1. The fourth-order valence-corrected chi connectivity index (χ4v) is 4.77. The molecule has 0 saturated carbocycles. The van der Waals surface area contributed by atoms with Crippen LogP contribution in [0, 0.1) is 0 Å². The summed E-state index contributed by atoms with van der Waals surface area (Å²) in [6.07, 6.45) is 0. The number of nitrogens with zero attached hydrogens (tertiary/aromatic N) is 1. The van der Waals surface area contributed by atoms with Crippen LogP contribution >= 0.6 is 11.3 Å². The Balaban J connectivity index is 1.93. The van der Waals surface area contributed by atoms with E-state index in [1.54, 1.807) is 13.8 Å². The summed E-state index contributed by atoms with van der Waals surface area (Å²) in [5, 5.41) is 4.67. The molecule has 1 amide bonds. The van der Waals surface area contributed by atoms with E-state index < -0.39 is 28.5 Å². The lowest BCUT2D eigenvalue weighted by molar-refractivity contribution is -0.124. The van der Waals surface area contributed by atoms with Gasteiger partial charge in [0.15, 0.2) is 6.61 Å². The molecular weight excluding hydrogens is 400 g/mol. The molecule has 0 aliphatic carbocycles. The highest BCUT2D eigenvalue weighted by molar-refractivity contribution is 7.89. The molecule has 2 rings (SSSR count). The van der Waals surface area contributed by atoms with E-state index in [-0.39, 0.29) is 16.5 Å². The van der Waals surface area contributed by atoms with Crippen molar-refractivity contribution in [1.29, 1.82) is 0 Å². The molecule has 1 unspecified atom stereocenters. The summed E-state index contributed by atoms with van der Waals surface area (Å²) in [4.78, 5) is 25.2. The first-order valence-corrected chi connectivity index (χ1v) is 11.2. The van der Waals surface area contributed by atoms with Crippen molar-refractivity contribution in [3.05, 3.63) is 52.2 Å². The predicted molar refractivity (Wildman–Crippen MR) is 108 cm³/mol. The zero-order valence-corrected chi connectivity index (χ0v) is 17.7. The van der Waals surface area contributed by atoms with Crippen LogP contribution in [0.15, 0.2) is 46.7 Å². The molecule has 1 aromatic carbocycles. The van der Waals surface area contributed by atoms with Crippen molar-refractivity contribution >= 4 is 33.2 Å². The molecule has 9 heteroatoms. The Labute approximate surface area is 169 Å². The smallest absolute Gasteiger partial charge is 0.338 e. The second-order valence-electron chi connectivity index (χ2n) is 5.99. The van der Waals surface area contributed by atoms with Crippen molar-refractivity contribution < 1.29 is 22.7 Å². The van der Waals surface area contributed by atoms with Gasteiger partial charge in [-0.2, -0.15) is 4.31 Å². The highest BCUT2D eigenvalue weighted by Gasteiger charge is 2.22. The van der Waals surface area contributed by atoms with Crippen molar-refractivity contribution in [2.75, 3.05) is 19.7 Å². The molecule has 0 aliphatic heterocycles. The zero-order valence-electron chi connectivity index (χ0n) is 16.0. The molecular formula is C19H24N2O5S2. The number of rotatable bonds is 9. The monoisotopic (exact) mass is 424 g/mol. The molecule has 1 heterocycles. The molecule has 0 aliphatic rings. The highest BCUT2D eigenvalue weighted by Crippen LogP contribution is 2.18. The summed E-state index contributed by atoms with van der Waals surface area (Å²) in [6.45, 7) is 5.69. The second-order valence-corrected chi connectivity index (χ2v) is 8.91. The maximum absolute atomic E-state index is 12.4. The van der Waals surface area contributed by atoms with E-state index in [2.05, 4.69) is 5.32 Å². The lowest BCUT2D eigenvalue weighted by Crippen LogP contribution is -2.31. The molecule has 0 fully saturated rings. The third kappa shape index (κ3) is 5.40. The van der Waals surface area contributed by atoms with E-state index in [1.807, 2.05) is 24.4 Å². The molecule has 1 N–H and O–H groups in total. The molecule has 0 spiro atoms. The van der Waals surface area contributed by atoms with Gasteiger partial charge in [-0.15, -0.1) is 11.3 Å². The average molecular weight is 425 g/mol. The Bertz CT molecular complexity index is 889. The van der Waals surface area contributed by atoms with Gasteiger partial charge >= 0.3 is 5.97 Å². The minimum atomic E-state index is -3.59. The summed E-state index contributed by atoms with van der Waals surface area (Å²) in [7, 11) is -3.59. The van der Waals surface area contributed by atoms with Crippen LogP contribution in [0.5, 0.6) is 0 Å². The van der Waals surface area contributed by atoms with Crippen molar-refractivity contribution in [3.63, 3.8) is 0 Å². The molecule has 1 atom stereocenters. The maximum Gasteiger partial charge on any atom is 0.338 e. The van der Waals surface area contributed by atoms with Crippen LogP contribution in [-0.4, -0.2) is 44.3 Å². The Morgan fingerprint density at radius 3 is 2.32 bits per heavy atom. The molecule has 1 aromatic heterocycles. The predicted octanol–water partition coefficient (Wildman–Crippen LogP) is 2.81. The lowest BCUT2D eigenvalue weighted by Gasteiger charge is -2.18. The molecule has 28 heavy (non-hydrogen) atoms. The van der Waals surface area contributed by atoms with E-state index in [1.165, 1.54) is 39.9 Å². The highest BCUT2D eigenvalue weighted by atomic mass is 32.2. The van der Waals surface area contributed by atoms with E-state index in [0.29, 0.717) is 13.1 Å². The first-order chi connectivity index (χ1) is 13.3. The summed E-state index contributed by atoms with van der Waals surface area (Å²) in [5.41, 5.74) is 0.178. The zero-order chi connectivity index (χ0) is 20.7. The fourth-order valence-electron chi connectivity index (χ4n) is 2.58. The number of amides is 1. The second kappa shape index (κ2) is 9.81. The number of esters is 1. The summed E-state index contributed by atoms with van der Waals surface area (Å²) in [5.74, 6) is -1.10. The third-order valence-electron chi connectivity index (χ3n) is 4.12. The number of carbonyl (C=O) groups excluding carboxylic acids is 2. The van der Waals surface area contributed by atoms with Crippen LogP contribution in [0.1, 0.15) is 42.0 Å². The van der Waals surface area contributed by atoms with Crippen LogP contribution < -0.4 is 5.32 Å². The number of benzene rings is 1. The standard InChI is InChI=1S/C19H24N2O5S2/c1-4-21(5-2)28(24,25)16-10-8-15(9-11-16)19(23)26-13-18(22)20-14(3)17-7-6-12-27-17/h6-12,14H,4-5,13H2,1-3H3,(H,20,22). The number of thiophene rings is 1. The van der Waals surface area contributed by atoms with Gasteiger partial charge < -0.3 is 10.1 Å².